The van der Waals surface area contributed by atoms with Gasteiger partial charge in [0.2, 0.25) is 0 Å². The zero-order valence-corrected chi connectivity index (χ0v) is 25.7. The molecule has 0 bridgehead atoms. The zero-order valence-electron chi connectivity index (χ0n) is 25.7. The number of carbonyl (C=O) groups is 2. The van der Waals surface area contributed by atoms with Crippen molar-refractivity contribution in [1.29, 1.82) is 0 Å². The lowest BCUT2D eigenvalue weighted by Crippen LogP contribution is -2.43. The molecule has 220 valence electrons. The third kappa shape index (κ3) is 8.20. The summed E-state index contributed by atoms with van der Waals surface area (Å²) >= 11 is 0. The summed E-state index contributed by atoms with van der Waals surface area (Å²) < 4.78 is 1.51. The SMILES string of the molecule is Cc1ncc(NC(=O)c2cc(CN3CCN(C)CC3)cc(C(C)(C)C)c2)cc1-n1cc(C(=O)NCC(C)(C)C)nn1. The molecule has 0 saturated carbocycles. The molecule has 1 aliphatic heterocycles. The van der Waals surface area contributed by atoms with Crippen molar-refractivity contribution in [2.24, 2.45) is 5.41 Å². The van der Waals surface area contributed by atoms with Gasteiger partial charge in [0.05, 0.1) is 29.5 Å². The van der Waals surface area contributed by atoms with Gasteiger partial charge in [-0.15, -0.1) is 5.10 Å². The minimum absolute atomic E-state index is 0.0452. The molecule has 41 heavy (non-hydrogen) atoms. The molecule has 1 fully saturated rings. The second-order valence-electron chi connectivity index (χ2n) is 13.3. The van der Waals surface area contributed by atoms with Crippen LogP contribution in [0.4, 0.5) is 5.69 Å². The average molecular weight is 561 g/mol. The van der Waals surface area contributed by atoms with Crippen LogP contribution in [0.5, 0.6) is 0 Å². The van der Waals surface area contributed by atoms with Crippen LogP contribution in [0.25, 0.3) is 5.69 Å². The van der Waals surface area contributed by atoms with Gasteiger partial charge in [-0.05, 0) is 54.1 Å². The van der Waals surface area contributed by atoms with Gasteiger partial charge in [0.1, 0.15) is 0 Å². The largest absolute Gasteiger partial charge is 0.350 e. The van der Waals surface area contributed by atoms with E-state index < -0.39 is 0 Å². The highest BCUT2D eigenvalue weighted by Gasteiger charge is 2.21. The van der Waals surface area contributed by atoms with Gasteiger partial charge in [-0.3, -0.25) is 19.5 Å². The Balaban J connectivity index is 1.53. The van der Waals surface area contributed by atoms with E-state index in [9.17, 15) is 9.59 Å². The molecule has 0 aliphatic carbocycles. The molecular weight excluding hydrogens is 516 g/mol. The van der Waals surface area contributed by atoms with Crippen LogP contribution in [0.3, 0.4) is 0 Å². The average Bonchev–Trinajstić information content (AvgIpc) is 3.39. The van der Waals surface area contributed by atoms with Gasteiger partial charge in [0, 0.05) is 44.8 Å². The molecule has 10 heteroatoms. The second-order valence-corrected chi connectivity index (χ2v) is 13.3. The van der Waals surface area contributed by atoms with Crippen LogP contribution >= 0.6 is 0 Å². The van der Waals surface area contributed by atoms with E-state index in [-0.39, 0.29) is 28.3 Å². The van der Waals surface area contributed by atoms with Gasteiger partial charge in [0.25, 0.3) is 11.8 Å². The van der Waals surface area contributed by atoms with Crippen LogP contribution in [0.2, 0.25) is 0 Å². The first-order valence-corrected chi connectivity index (χ1v) is 14.2. The van der Waals surface area contributed by atoms with E-state index in [1.54, 1.807) is 18.5 Å². The van der Waals surface area contributed by atoms with Crippen LogP contribution < -0.4 is 10.6 Å². The van der Waals surface area contributed by atoms with Crippen molar-refractivity contribution in [2.45, 2.75) is 60.4 Å². The Morgan fingerprint density at radius 2 is 1.66 bits per heavy atom. The number of aryl methyl sites for hydroxylation is 1. The zero-order chi connectivity index (χ0) is 29.9. The molecule has 0 unspecified atom stereocenters. The highest BCUT2D eigenvalue weighted by atomic mass is 16.2. The van der Waals surface area contributed by atoms with Gasteiger partial charge in [-0.25, -0.2) is 4.68 Å². The standard InChI is InChI=1S/C31H44N8O2/c1-21-27(39-19-26(35-36-39)29(41)33-20-30(2,3)4)16-25(17-32-21)34-28(40)23-13-22(14-24(15-23)31(5,6)7)18-38-11-9-37(8)10-12-38/h13-17,19H,9-12,18,20H2,1-8H3,(H,33,41)(H,34,40). The second kappa shape index (κ2) is 12.1. The number of anilines is 1. The molecule has 1 aliphatic rings. The lowest BCUT2D eigenvalue weighted by Gasteiger charge is -2.32. The minimum Gasteiger partial charge on any atom is -0.350 e. The van der Waals surface area contributed by atoms with Crippen molar-refractivity contribution in [3.63, 3.8) is 0 Å². The number of nitrogens with zero attached hydrogens (tertiary/aromatic N) is 6. The number of likely N-dealkylation sites (N-methyl/N-ethyl adjacent to an activating group) is 1. The molecule has 4 rings (SSSR count). The smallest absolute Gasteiger partial charge is 0.273 e. The Hall–Kier alpha value is -3.63. The number of nitrogens with one attached hydrogen (secondary N) is 2. The number of carbonyl (C=O) groups excluding carboxylic acids is 2. The first-order chi connectivity index (χ1) is 19.2. The first-order valence-electron chi connectivity index (χ1n) is 14.2. The molecule has 3 aromatic rings. The van der Waals surface area contributed by atoms with Gasteiger partial charge in [-0.2, -0.15) is 0 Å². The quantitative estimate of drug-likeness (QED) is 0.449. The summed E-state index contributed by atoms with van der Waals surface area (Å²) in [6.45, 7) is 19.9. The Morgan fingerprint density at radius 1 is 0.951 bits per heavy atom. The Morgan fingerprint density at radius 3 is 2.32 bits per heavy atom. The first kappa shape index (κ1) is 30.3. The summed E-state index contributed by atoms with van der Waals surface area (Å²) in [5.74, 6) is -0.486. The molecule has 1 saturated heterocycles. The van der Waals surface area contributed by atoms with Crippen molar-refractivity contribution in [3.8, 4) is 5.69 Å². The van der Waals surface area contributed by atoms with Crippen LogP contribution in [0.1, 0.15) is 79.2 Å². The van der Waals surface area contributed by atoms with Crippen molar-refractivity contribution in [3.05, 3.63) is 64.7 Å². The Kier molecular flexibility index (Phi) is 8.94. The highest BCUT2D eigenvalue weighted by molar-refractivity contribution is 6.04. The summed E-state index contributed by atoms with van der Waals surface area (Å²) in [6.07, 6.45) is 3.20. The van der Waals surface area contributed by atoms with Gasteiger partial charge < -0.3 is 15.5 Å². The van der Waals surface area contributed by atoms with E-state index in [1.807, 2.05) is 39.8 Å². The molecule has 10 nitrogen and oxygen atoms in total. The number of rotatable bonds is 7. The summed E-state index contributed by atoms with van der Waals surface area (Å²) in [4.78, 5) is 35.3. The monoisotopic (exact) mass is 560 g/mol. The van der Waals surface area contributed by atoms with E-state index in [0.717, 1.165) is 43.9 Å². The number of hydrogen-bond donors (Lipinski definition) is 2. The predicted molar refractivity (Wildman–Crippen MR) is 162 cm³/mol. The summed E-state index contributed by atoms with van der Waals surface area (Å²) in [5.41, 5.74) is 4.80. The minimum atomic E-state index is -0.285. The van der Waals surface area contributed by atoms with Crippen molar-refractivity contribution >= 4 is 17.5 Å². The van der Waals surface area contributed by atoms with Crippen LogP contribution in [0.15, 0.2) is 36.7 Å². The lowest BCUT2D eigenvalue weighted by atomic mass is 9.85. The maximum Gasteiger partial charge on any atom is 0.273 e. The Labute approximate surface area is 243 Å². The van der Waals surface area contributed by atoms with Crippen LogP contribution in [-0.2, 0) is 12.0 Å². The predicted octanol–water partition coefficient (Wildman–Crippen LogP) is 4.04. The van der Waals surface area contributed by atoms with Gasteiger partial charge in [-0.1, -0.05) is 52.8 Å². The van der Waals surface area contributed by atoms with Crippen molar-refractivity contribution in [2.75, 3.05) is 45.1 Å². The lowest BCUT2D eigenvalue weighted by molar-refractivity contribution is 0.0933. The van der Waals surface area contributed by atoms with E-state index in [2.05, 4.69) is 69.6 Å². The number of amides is 2. The van der Waals surface area contributed by atoms with Gasteiger partial charge in [0.15, 0.2) is 5.69 Å². The summed E-state index contributed by atoms with van der Waals surface area (Å²) in [6, 6.07) is 7.99. The molecule has 2 amide bonds. The molecule has 3 heterocycles. The molecule has 0 atom stereocenters. The normalized spacial score (nSPS) is 15.1. The Bertz CT molecular complexity index is 1390. The number of benzene rings is 1. The number of aromatic nitrogens is 4. The molecule has 0 radical (unpaired) electrons. The third-order valence-corrected chi connectivity index (χ3v) is 7.19. The number of piperazine rings is 1. The van der Waals surface area contributed by atoms with Crippen molar-refractivity contribution in [1.82, 2.24) is 35.1 Å². The molecule has 2 N–H and O–H groups in total. The summed E-state index contributed by atoms with van der Waals surface area (Å²) in [7, 11) is 2.15. The number of hydrogen-bond acceptors (Lipinski definition) is 7. The summed E-state index contributed by atoms with van der Waals surface area (Å²) in [5, 5.41) is 14.1. The molecule has 2 aromatic heterocycles. The van der Waals surface area contributed by atoms with E-state index >= 15 is 0 Å². The molecule has 1 aromatic carbocycles. The maximum atomic E-state index is 13.5. The molecule has 0 spiro atoms. The fourth-order valence-electron chi connectivity index (χ4n) is 4.56. The van der Waals surface area contributed by atoms with Crippen LogP contribution in [0, 0.1) is 12.3 Å². The van der Waals surface area contributed by atoms with E-state index in [4.69, 9.17) is 0 Å². The topological polar surface area (TPSA) is 108 Å². The van der Waals surface area contributed by atoms with E-state index in [0.29, 0.717) is 29.2 Å². The fraction of sp³-hybridized carbons (Fsp3) is 0.516. The molecular formula is C31H44N8O2. The van der Waals surface area contributed by atoms with E-state index in [1.165, 1.54) is 4.68 Å². The third-order valence-electron chi connectivity index (χ3n) is 7.19. The maximum absolute atomic E-state index is 13.5. The van der Waals surface area contributed by atoms with Crippen molar-refractivity contribution < 1.29 is 9.59 Å². The van der Waals surface area contributed by atoms with Crippen LogP contribution in [-0.4, -0.2) is 81.4 Å². The highest BCUT2D eigenvalue weighted by Crippen LogP contribution is 2.26. The number of pyridine rings is 1. The fourth-order valence-corrected chi connectivity index (χ4v) is 4.56. The van der Waals surface area contributed by atoms with Gasteiger partial charge >= 0.3 is 0 Å².